The number of fused-ring (bicyclic) bond motifs is 3. The third-order valence-electron chi connectivity index (χ3n) is 6.98. The molecule has 1 aliphatic heterocycles. The van der Waals surface area contributed by atoms with Crippen molar-refractivity contribution in [2.24, 2.45) is 0 Å². The van der Waals surface area contributed by atoms with Gasteiger partial charge in [0, 0.05) is 11.8 Å². The number of carbonyl (C=O) groups excluding carboxylic acids is 2. The van der Waals surface area contributed by atoms with Crippen LogP contribution < -0.4 is 5.32 Å². The van der Waals surface area contributed by atoms with E-state index in [1.54, 1.807) is 11.4 Å². The summed E-state index contributed by atoms with van der Waals surface area (Å²) in [6.45, 7) is 4.33. The van der Waals surface area contributed by atoms with Crippen LogP contribution >= 0.6 is 11.3 Å². The number of aromatic nitrogens is 3. The first-order valence-corrected chi connectivity index (χ1v) is 13.5. The third kappa shape index (κ3) is 4.30. The zero-order valence-corrected chi connectivity index (χ0v) is 22.6. The molecule has 3 aromatic heterocycles. The van der Waals surface area contributed by atoms with Crippen LogP contribution in [0.5, 0.6) is 0 Å². The van der Waals surface area contributed by atoms with Crippen molar-refractivity contribution >= 4 is 29.0 Å². The highest BCUT2D eigenvalue weighted by atomic mass is 32.1. The van der Waals surface area contributed by atoms with Crippen LogP contribution in [0.15, 0.2) is 84.4 Å². The molecule has 6 rings (SSSR count). The average Bonchev–Trinajstić information content (AvgIpc) is 3.66. The van der Waals surface area contributed by atoms with E-state index in [4.69, 9.17) is 9.84 Å². The molecule has 0 spiro atoms. The van der Waals surface area contributed by atoms with Gasteiger partial charge in [-0.1, -0.05) is 48.0 Å². The first-order valence-electron chi connectivity index (χ1n) is 12.6. The number of carbonyl (C=O) groups is 2. The number of hydrogen-bond acceptors (Lipinski definition) is 5. The maximum atomic E-state index is 14.1. The molecule has 9 heteroatoms. The predicted octanol–water partition coefficient (Wildman–Crippen LogP) is 6.27. The number of thiophene rings is 1. The monoisotopic (exact) mass is 537 g/mol. The maximum Gasteiger partial charge on any atom is 0.350 e. The van der Waals surface area contributed by atoms with Gasteiger partial charge in [-0.05, 0) is 55.1 Å². The number of anilines is 1. The zero-order valence-electron chi connectivity index (χ0n) is 21.8. The fourth-order valence-corrected chi connectivity index (χ4v) is 5.95. The van der Waals surface area contributed by atoms with Crippen LogP contribution in [0.1, 0.15) is 43.8 Å². The molecule has 1 atom stereocenters. The molecule has 39 heavy (non-hydrogen) atoms. The normalized spacial score (nSPS) is 14.3. The molecule has 0 radical (unpaired) electrons. The topological polar surface area (TPSA) is 81.4 Å². The summed E-state index contributed by atoms with van der Waals surface area (Å²) < 4.78 is 8.99. The second kappa shape index (κ2) is 9.92. The summed E-state index contributed by atoms with van der Waals surface area (Å²) >= 11 is 1.23. The highest BCUT2D eigenvalue weighted by molar-refractivity contribution is 7.12. The molecule has 1 N–H and O–H groups in total. The molecular formula is C30H27N5O3S. The number of methoxy groups -OCH3 is 1. The van der Waals surface area contributed by atoms with Crippen molar-refractivity contribution in [3.05, 3.63) is 117 Å². The second-order valence-electron chi connectivity index (χ2n) is 9.47. The summed E-state index contributed by atoms with van der Waals surface area (Å²) in [4.78, 5) is 28.6. The Morgan fingerprint density at radius 2 is 1.85 bits per heavy atom. The predicted molar refractivity (Wildman–Crippen MR) is 151 cm³/mol. The van der Waals surface area contributed by atoms with Crippen molar-refractivity contribution in [2.75, 3.05) is 12.4 Å². The lowest BCUT2D eigenvalue weighted by Gasteiger charge is -2.31. The van der Waals surface area contributed by atoms with Gasteiger partial charge in [0.2, 0.25) is 0 Å². The van der Waals surface area contributed by atoms with Gasteiger partial charge in [0.1, 0.15) is 10.7 Å². The van der Waals surface area contributed by atoms with E-state index in [2.05, 4.69) is 16.0 Å². The van der Waals surface area contributed by atoms with E-state index in [-0.39, 0.29) is 6.03 Å². The van der Waals surface area contributed by atoms with Gasteiger partial charge in [-0.15, -0.1) is 11.3 Å². The number of nitrogens with one attached hydrogen (secondary N) is 1. The molecule has 0 aliphatic carbocycles. The van der Waals surface area contributed by atoms with Gasteiger partial charge in [-0.25, -0.2) is 14.3 Å². The SMILES string of the molecule is COC(=O)c1sccc1NC(=O)N1Cc2c(C)nn(-c3ccccc3)c2-n2cccc2[C@H]1c1cccc(C)c1. The van der Waals surface area contributed by atoms with Crippen LogP contribution in [-0.4, -0.2) is 38.4 Å². The number of ether oxygens (including phenoxy) is 1. The molecule has 2 amide bonds. The minimum Gasteiger partial charge on any atom is -0.465 e. The Kier molecular flexibility index (Phi) is 6.28. The minimum absolute atomic E-state index is 0.317. The van der Waals surface area contributed by atoms with Gasteiger partial charge in [0.15, 0.2) is 0 Å². The lowest BCUT2D eigenvalue weighted by Crippen LogP contribution is -2.38. The molecule has 4 heterocycles. The summed E-state index contributed by atoms with van der Waals surface area (Å²) in [5, 5.41) is 9.64. The van der Waals surface area contributed by atoms with Crippen LogP contribution in [0, 0.1) is 13.8 Å². The van der Waals surface area contributed by atoms with Crippen LogP contribution in [0.4, 0.5) is 10.5 Å². The fourth-order valence-electron chi connectivity index (χ4n) is 5.19. The summed E-state index contributed by atoms with van der Waals surface area (Å²) in [7, 11) is 1.33. The van der Waals surface area contributed by atoms with Crippen molar-refractivity contribution in [2.45, 2.75) is 26.4 Å². The second-order valence-corrected chi connectivity index (χ2v) is 10.4. The summed E-state index contributed by atoms with van der Waals surface area (Å²) in [6, 6.07) is 23.3. The molecule has 196 valence electrons. The lowest BCUT2D eigenvalue weighted by molar-refractivity contribution is 0.0607. The van der Waals surface area contributed by atoms with Crippen LogP contribution in [0.2, 0.25) is 0 Å². The van der Waals surface area contributed by atoms with E-state index in [1.807, 2.05) is 90.3 Å². The summed E-state index contributed by atoms with van der Waals surface area (Å²) in [6.07, 6.45) is 2.02. The number of rotatable bonds is 4. The maximum absolute atomic E-state index is 14.1. The molecule has 5 aromatic rings. The Hall–Kier alpha value is -4.63. The lowest BCUT2D eigenvalue weighted by atomic mass is 10.00. The van der Waals surface area contributed by atoms with Gasteiger partial charge < -0.3 is 19.5 Å². The molecule has 0 fully saturated rings. The molecule has 8 nitrogen and oxygen atoms in total. The number of para-hydroxylation sites is 1. The van der Waals surface area contributed by atoms with Crippen LogP contribution in [0.3, 0.4) is 0 Å². The fraction of sp³-hybridized carbons (Fsp3) is 0.167. The number of urea groups is 1. The molecule has 0 bridgehead atoms. The number of aryl methyl sites for hydroxylation is 2. The van der Waals surface area contributed by atoms with Crippen molar-refractivity contribution in [3.63, 3.8) is 0 Å². The number of nitrogens with zero attached hydrogens (tertiary/aromatic N) is 4. The largest absolute Gasteiger partial charge is 0.465 e. The van der Waals surface area contributed by atoms with E-state index < -0.39 is 12.0 Å². The number of hydrogen-bond donors (Lipinski definition) is 1. The highest BCUT2D eigenvalue weighted by Crippen LogP contribution is 2.39. The van der Waals surface area contributed by atoms with E-state index >= 15 is 0 Å². The Morgan fingerprint density at radius 3 is 2.62 bits per heavy atom. The molecule has 0 unspecified atom stereocenters. The van der Waals surface area contributed by atoms with Gasteiger partial charge in [0.25, 0.3) is 0 Å². The minimum atomic E-state index is -0.484. The number of esters is 1. The molecule has 0 saturated carbocycles. The van der Waals surface area contributed by atoms with Gasteiger partial charge in [0.05, 0.1) is 42.5 Å². The standard InChI is InChI=1S/C30H27N5O3S/c1-19-9-7-10-21(17-19)26-25-13-8-15-33(25)28-23(20(2)32-35(28)22-11-5-4-6-12-22)18-34(26)30(37)31-24-14-16-39-27(24)29(36)38-3/h4-17,26H,18H2,1-3H3,(H,31,37)/t26-/m1/s1. The number of benzene rings is 2. The quantitative estimate of drug-likeness (QED) is 0.274. The first kappa shape index (κ1) is 24.7. The zero-order chi connectivity index (χ0) is 27.1. The highest BCUT2D eigenvalue weighted by Gasteiger charge is 2.36. The Labute approximate surface area is 230 Å². The first-order chi connectivity index (χ1) is 19.0. The summed E-state index contributed by atoms with van der Waals surface area (Å²) in [5.74, 6) is 0.417. The number of amides is 2. The Morgan fingerprint density at radius 1 is 1.03 bits per heavy atom. The van der Waals surface area contributed by atoms with Crippen molar-refractivity contribution in [1.29, 1.82) is 0 Å². The molecular weight excluding hydrogens is 510 g/mol. The van der Waals surface area contributed by atoms with E-state index in [0.717, 1.165) is 39.6 Å². The molecule has 0 saturated heterocycles. The van der Waals surface area contributed by atoms with E-state index in [9.17, 15) is 9.59 Å². The van der Waals surface area contributed by atoms with E-state index in [1.165, 1.54) is 18.4 Å². The van der Waals surface area contributed by atoms with Gasteiger partial charge >= 0.3 is 12.0 Å². The van der Waals surface area contributed by atoms with Crippen LogP contribution in [0.25, 0.3) is 11.5 Å². The summed E-state index contributed by atoms with van der Waals surface area (Å²) in [5.41, 5.74) is 6.17. The van der Waals surface area contributed by atoms with Crippen molar-refractivity contribution in [1.82, 2.24) is 19.2 Å². The Balaban J connectivity index is 1.52. The smallest absolute Gasteiger partial charge is 0.350 e. The van der Waals surface area contributed by atoms with Crippen molar-refractivity contribution < 1.29 is 14.3 Å². The van der Waals surface area contributed by atoms with Gasteiger partial charge in [-0.3, -0.25) is 0 Å². The van der Waals surface area contributed by atoms with Crippen LogP contribution in [-0.2, 0) is 11.3 Å². The average molecular weight is 538 g/mol. The van der Waals surface area contributed by atoms with Crippen molar-refractivity contribution in [3.8, 4) is 11.5 Å². The third-order valence-corrected chi connectivity index (χ3v) is 7.88. The molecule has 1 aliphatic rings. The van der Waals surface area contributed by atoms with E-state index in [0.29, 0.717) is 17.1 Å². The Bertz CT molecular complexity index is 1680. The molecule has 2 aromatic carbocycles. The van der Waals surface area contributed by atoms with Gasteiger partial charge in [-0.2, -0.15) is 5.10 Å².